The average Bonchev–Trinajstić information content (AvgIpc) is 3.45. The normalized spacial score (nSPS) is 21.2. The molecule has 3 atom stereocenters. The number of benzene rings is 2. The fourth-order valence-electron chi connectivity index (χ4n) is 5.07. The molecule has 184 valence electrons. The van der Waals surface area contributed by atoms with Gasteiger partial charge in [0, 0.05) is 17.1 Å². The smallest absolute Gasteiger partial charge is 0.265 e. The maximum absolute atomic E-state index is 13.8. The third-order valence-corrected chi connectivity index (χ3v) is 8.72. The lowest BCUT2D eigenvalue weighted by Crippen LogP contribution is -2.46. The van der Waals surface area contributed by atoms with Gasteiger partial charge in [0.2, 0.25) is 5.91 Å². The second kappa shape index (κ2) is 9.92. The highest BCUT2D eigenvalue weighted by Crippen LogP contribution is 2.44. The molecule has 4 rings (SSSR count). The number of ether oxygens (including phenoxy) is 3. The number of nitrogens with one attached hydrogen (secondary N) is 1. The van der Waals surface area contributed by atoms with Crippen LogP contribution in [-0.2, 0) is 14.8 Å². The Morgan fingerprint density at radius 2 is 1.71 bits per heavy atom. The van der Waals surface area contributed by atoms with Gasteiger partial charge >= 0.3 is 0 Å². The molecule has 0 heterocycles. The van der Waals surface area contributed by atoms with E-state index >= 15 is 0 Å². The number of nitrogens with zero attached hydrogens (tertiary/aromatic N) is 1. The van der Waals surface area contributed by atoms with Gasteiger partial charge in [-0.15, -0.1) is 0 Å². The minimum absolute atomic E-state index is 0.0556. The first-order valence-corrected chi connectivity index (χ1v) is 13.0. The molecule has 2 fully saturated rings. The number of rotatable bonds is 9. The van der Waals surface area contributed by atoms with Crippen molar-refractivity contribution in [1.29, 1.82) is 0 Å². The van der Waals surface area contributed by atoms with Crippen LogP contribution in [0.2, 0.25) is 5.02 Å². The maximum atomic E-state index is 13.8. The van der Waals surface area contributed by atoms with Crippen molar-refractivity contribution in [3.8, 4) is 17.2 Å². The Balaban J connectivity index is 1.70. The molecule has 0 aromatic heterocycles. The summed E-state index contributed by atoms with van der Waals surface area (Å²) in [5.41, 5.74) is 0.174. The third-order valence-electron chi connectivity index (χ3n) is 6.72. The Kier molecular flexibility index (Phi) is 7.14. The number of hydrogen-bond acceptors (Lipinski definition) is 6. The topological polar surface area (TPSA) is 94.2 Å². The highest BCUT2D eigenvalue weighted by molar-refractivity contribution is 7.92. The molecule has 1 amide bonds. The summed E-state index contributed by atoms with van der Waals surface area (Å²) >= 11 is 6.20. The minimum atomic E-state index is -4.20. The van der Waals surface area contributed by atoms with Gasteiger partial charge in [0.05, 0.1) is 31.9 Å². The van der Waals surface area contributed by atoms with E-state index in [1.54, 1.807) is 12.1 Å². The molecule has 0 saturated heterocycles. The van der Waals surface area contributed by atoms with Gasteiger partial charge in [-0.05, 0) is 61.4 Å². The molecule has 2 aliphatic carbocycles. The third kappa shape index (κ3) is 4.77. The highest BCUT2D eigenvalue weighted by Gasteiger charge is 2.40. The summed E-state index contributed by atoms with van der Waals surface area (Å²) in [6, 6.07) is 9.01. The molecule has 0 unspecified atom stereocenters. The minimum Gasteiger partial charge on any atom is -0.495 e. The lowest BCUT2D eigenvalue weighted by molar-refractivity contribution is -0.120. The number of carbonyl (C=O) groups is 1. The number of sulfonamides is 1. The van der Waals surface area contributed by atoms with E-state index in [9.17, 15) is 13.2 Å². The van der Waals surface area contributed by atoms with Crippen LogP contribution in [0.15, 0.2) is 41.3 Å². The van der Waals surface area contributed by atoms with Crippen LogP contribution >= 0.6 is 11.6 Å². The number of halogens is 1. The Labute approximate surface area is 205 Å². The van der Waals surface area contributed by atoms with E-state index in [0.717, 1.165) is 23.6 Å². The molecule has 2 aromatic carbocycles. The van der Waals surface area contributed by atoms with Crippen LogP contribution in [0.1, 0.15) is 25.7 Å². The second-order valence-electron chi connectivity index (χ2n) is 8.69. The number of hydrogen-bond donors (Lipinski definition) is 1. The molecule has 2 bridgehead atoms. The Morgan fingerprint density at radius 3 is 2.32 bits per heavy atom. The van der Waals surface area contributed by atoms with Crippen molar-refractivity contribution in [3.63, 3.8) is 0 Å². The lowest BCUT2D eigenvalue weighted by Gasteiger charge is -2.28. The second-order valence-corrected chi connectivity index (χ2v) is 11.0. The summed E-state index contributed by atoms with van der Waals surface area (Å²) in [4.78, 5) is 13.1. The van der Waals surface area contributed by atoms with E-state index < -0.39 is 16.6 Å². The zero-order valence-electron chi connectivity index (χ0n) is 19.4. The van der Waals surface area contributed by atoms with Gasteiger partial charge in [-0.3, -0.25) is 9.10 Å². The lowest BCUT2D eigenvalue weighted by atomic mass is 9.95. The van der Waals surface area contributed by atoms with Crippen LogP contribution in [0.4, 0.5) is 5.69 Å². The molecule has 2 saturated carbocycles. The van der Waals surface area contributed by atoms with Crippen molar-refractivity contribution in [2.45, 2.75) is 36.6 Å². The van der Waals surface area contributed by atoms with E-state index in [1.165, 1.54) is 52.0 Å². The van der Waals surface area contributed by atoms with Crippen molar-refractivity contribution in [3.05, 3.63) is 41.4 Å². The van der Waals surface area contributed by atoms with Crippen molar-refractivity contribution in [2.75, 3.05) is 32.2 Å². The molecule has 10 heteroatoms. The summed E-state index contributed by atoms with van der Waals surface area (Å²) in [5, 5.41) is 3.38. The summed E-state index contributed by atoms with van der Waals surface area (Å²) in [5.74, 6) is 1.67. The van der Waals surface area contributed by atoms with Crippen LogP contribution in [0.3, 0.4) is 0 Å². The van der Waals surface area contributed by atoms with E-state index in [1.807, 2.05) is 0 Å². The molecular weight excluding hydrogens is 480 g/mol. The van der Waals surface area contributed by atoms with E-state index in [0.29, 0.717) is 22.6 Å². The highest BCUT2D eigenvalue weighted by atomic mass is 35.5. The zero-order chi connectivity index (χ0) is 24.5. The number of amides is 1. The molecule has 34 heavy (non-hydrogen) atoms. The van der Waals surface area contributed by atoms with E-state index in [-0.39, 0.29) is 34.0 Å². The first-order valence-electron chi connectivity index (χ1n) is 11.1. The van der Waals surface area contributed by atoms with Crippen LogP contribution in [0, 0.1) is 11.8 Å². The van der Waals surface area contributed by atoms with Gasteiger partial charge in [0.25, 0.3) is 10.0 Å². The molecule has 0 aliphatic heterocycles. The Bertz CT molecular complexity index is 1170. The number of methoxy groups -OCH3 is 3. The quantitative estimate of drug-likeness (QED) is 0.552. The van der Waals surface area contributed by atoms with Crippen molar-refractivity contribution >= 4 is 33.2 Å². The Morgan fingerprint density at radius 1 is 1.00 bits per heavy atom. The molecule has 8 nitrogen and oxygen atoms in total. The molecular formula is C24H29ClN2O6S. The number of anilines is 1. The predicted molar refractivity (Wildman–Crippen MR) is 129 cm³/mol. The molecule has 2 aliphatic rings. The first kappa shape index (κ1) is 24.5. The van der Waals surface area contributed by atoms with Gasteiger partial charge in [-0.2, -0.15) is 0 Å². The summed E-state index contributed by atoms with van der Waals surface area (Å²) in [6.45, 7) is -0.415. The van der Waals surface area contributed by atoms with E-state index in [4.69, 9.17) is 25.8 Å². The van der Waals surface area contributed by atoms with Crippen LogP contribution < -0.4 is 23.8 Å². The van der Waals surface area contributed by atoms with Crippen molar-refractivity contribution in [1.82, 2.24) is 5.32 Å². The monoisotopic (exact) mass is 508 g/mol. The van der Waals surface area contributed by atoms with Crippen LogP contribution in [-0.4, -0.2) is 48.2 Å². The van der Waals surface area contributed by atoms with Gasteiger partial charge < -0.3 is 19.5 Å². The fraction of sp³-hybridized carbons (Fsp3) is 0.458. The fourth-order valence-corrected chi connectivity index (χ4v) is 6.67. The first-order chi connectivity index (χ1) is 16.3. The van der Waals surface area contributed by atoms with Crippen molar-refractivity contribution < 1.29 is 27.4 Å². The number of carbonyl (C=O) groups excluding carboxylic acids is 1. The van der Waals surface area contributed by atoms with Gasteiger partial charge in [-0.25, -0.2) is 8.42 Å². The molecule has 2 aromatic rings. The molecule has 1 N–H and O–H groups in total. The summed E-state index contributed by atoms with van der Waals surface area (Å²) in [7, 11) is 0.125. The summed E-state index contributed by atoms with van der Waals surface area (Å²) < 4.78 is 44.6. The van der Waals surface area contributed by atoms with Crippen LogP contribution in [0.25, 0.3) is 0 Å². The standard InChI is InChI=1S/C24H29ClN2O6S/c1-31-21-8-6-17(25)12-20(21)27(14-24(28)26-19-11-15-4-5-16(19)10-15)34(29,30)18-7-9-22(32-2)23(13-18)33-3/h6-9,12-13,15-16,19H,4-5,10-11,14H2,1-3H3,(H,26,28)/t15-,16-,19+/m1/s1. The van der Waals surface area contributed by atoms with Crippen molar-refractivity contribution in [2.24, 2.45) is 11.8 Å². The molecule has 0 spiro atoms. The summed E-state index contributed by atoms with van der Waals surface area (Å²) in [6.07, 6.45) is 4.38. The Hall–Kier alpha value is -2.65. The van der Waals surface area contributed by atoms with Crippen LogP contribution in [0.5, 0.6) is 17.2 Å². The number of fused-ring (bicyclic) bond motifs is 2. The average molecular weight is 509 g/mol. The van der Waals surface area contributed by atoms with Gasteiger partial charge in [0.1, 0.15) is 12.3 Å². The molecule has 0 radical (unpaired) electrons. The van der Waals surface area contributed by atoms with E-state index in [2.05, 4.69) is 5.32 Å². The maximum Gasteiger partial charge on any atom is 0.265 e. The predicted octanol–water partition coefficient (Wildman–Crippen LogP) is 3.87. The zero-order valence-corrected chi connectivity index (χ0v) is 21.0. The largest absolute Gasteiger partial charge is 0.495 e. The SMILES string of the molecule is COc1ccc(S(=O)(=O)N(CC(=O)N[C@H]2C[C@@H]3CC[C@@H]2C3)c2cc(Cl)ccc2OC)cc1OC. The van der Waals surface area contributed by atoms with Gasteiger partial charge in [-0.1, -0.05) is 18.0 Å². The van der Waals surface area contributed by atoms with Gasteiger partial charge in [0.15, 0.2) is 11.5 Å².